The van der Waals surface area contributed by atoms with Gasteiger partial charge in [-0.3, -0.25) is 9.20 Å². The van der Waals surface area contributed by atoms with E-state index in [9.17, 15) is 9.59 Å². The molecule has 0 fully saturated rings. The normalized spacial score (nSPS) is 11.3. The Balaban J connectivity index is 2.00. The van der Waals surface area contributed by atoms with Gasteiger partial charge in [-0.25, -0.2) is 9.78 Å². The van der Waals surface area contributed by atoms with Gasteiger partial charge in [0.25, 0.3) is 5.56 Å². The number of halogens is 1. The zero-order valence-electron chi connectivity index (χ0n) is 11.1. The van der Waals surface area contributed by atoms with Crippen molar-refractivity contribution in [3.8, 4) is 0 Å². The van der Waals surface area contributed by atoms with Crippen LogP contribution in [0.5, 0.6) is 0 Å². The second-order valence-electron chi connectivity index (χ2n) is 4.43. The van der Waals surface area contributed by atoms with Crippen LogP contribution in [0.1, 0.15) is 17.1 Å². The Morgan fingerprint density at radius 1 is 1.43 bits per heavy atom. The number of hydrogen-bond acceptors (Lipinski definition) is 6. The number of fused-ring (bicyclic) bond motifs is 1. The number of hydrogen-bond donors (Lipinski definition) is 0. The highest BCUT2D eigenvalue weighted by Gasteiger charge is 2.13. The van der Waals surface area contributed by atoms with Crippen molar-refractivity contribution < 1.29 is 4.42 Å². The lowest BCUT2D eigenvalue weighted by molar-refractivity contribution is 0.455. The minimum Gasteiger partial charge on any atom is -0.392 e. The van der Waals surface area contributed by atoms with Crippen molar-refractivity contribution in [3.05, 3.63) is 49.6 Å². The van der Waals surface area contributed by atoms with Gasteiger partial charge in [-0.05, 0) is 6.92 Å². The molecule has 0 aliphatic carbocycles. The van der Waals surface area contributed by atoms with Gasteiger partial charge in [-0.15, -0.1) is 28.0 Å². The first-order valence-electron chi connectivity index (χ1n) is 6.17. The number of rotatable bonds is 4. The molecule has 110 valence electrons. The van der Waals surface area contributed by atoms with Crippen molar-refractivity contribution in [1.82, 2.24) is 19.2 Å². The Kier molecular flexibility index (Phi) is 3.64. The molecular formula is C12H11ClN4O3S. The fraction of sp³-hybridized carbons (Fsp3) is 0.333. The van der Waals surface area contributed by atoms with E-state index < -0.39 is 5.76 Å². The molecule has 0 atom stereocenters. The SMILES string of the molecule is Cc1csc2ncc(Cc3nn(CCCl)c(=O)o3)c(=O)n12. The Morgan fingerprint density at radius 3 is 3.00 bits per heavy atom. The van der Waals surface area contributed by atoms with Gasteiger partial charge in [-0.2, -0.15) is 4.68 Å². The maximum absolute atomic E-state index is 12.4. The monoisotopic (exact) mass is 326 g/mol. The van der Waals surface area contributed by atoms with E-state index in [0.29, 0.717) is 10.5 Å². The minimum atomic E-state index is -0.577. The summed E-state index contributed by atoms with van der Waals surface area (Å²) in [5.41, 5.74) is 1.07. The van der Waals surface area contributed by atoms with Crippen molar-refractivity contribution in [2.75, 3.05) is 5.88 Å². The minimum absolute atomic E-state index is 0.120. The predicted octanol–water partition coefficient (Wildman–Crippen LogP) is 1.04. The second-order valence-corrected chi connectivity index (χ2v) is 5.65. The number of alkyl halides is 1. The third-order valence-electron chi connectivity index (χ3n) is 2.97. The average Bonchev–Trinajstić information content (AvgIpc) is 2.98. The molecule has 0 saturated heterocycles. The van der Waals surface area contributed by atoms with Gasteiger partial charge in [0, 0.05) is 28.7 Å². The molecule has 21 heavy (non-hydrogen) atoms. The van der Waals surface area contributed by atoms with Crippen molar-refractivity contribution in [3.63, 3.8) is 0 Å². The topological polar surface area (TPSA) is 82.4 Å². The third kappa shape index (κ3) is 2.52. The molecule has 0 radical (unpaired) electrons. The zero-order valence-corrected chi connectivity index (χ0v) is 12.6. The summed E-state index contributed by atoms with van der Waals surface area (Å²) in [6.07, 6.45) is 1.61. The van der Waals surface area contributed by atoms with Crippen LogP contribution >= 0.6 is 22.9 Å². The van der Waals surface area contributed by atoms with Crippen LogP contribution in [0.2, 0.25) is 0 Å². The van der Waals surface area contributed by atoms with E-state index in [0.717, 1.165) is 10.4 Å². The van der Waals surface area contributed by atoms with E-state index in [-0.39, 0.29) is 30.3 Å². The maximum atomic E-state index is 12.4. The van der Waals surface area contributed by atoms with Crippen molar-refractivity contribution in [1.29, 1.82) is 0 Å². The number of thiazole rings is 1. The van der Waals surface area contributed by atoms with Crippen molar-refractivity contribution in [2.24, 2.45) is 0 Å². The number of aryl methyl sites for hydroxylation is 2. The predicted molar refractivity (Wildman–Crippen MR) is 78.4 cm³/mol. The third-order valence-corrected chi connectivity index (χ3v) is 4.10. The van der Waals surface area contributed by atoms with E-state index in [1.165, 1.54) is 21.9 Å². The van der Waals surface area contributed by atoms with E-state index in [1.54, 1.807) is 0 Å². The van der Waals surface area contributed by atoms with Crippen LogP contribution in [-0.2, 0) is 13.0 Å². The fourth-order valence-corrected chi connectivity index (χ4v) is 2.98. The lowest BCUT2D eigenvalue weighted by Gasteiger charge is -1.99. The zero-order chi connectivity index (χ0) is 15.0. The summed E-state index contributed by atoms with van der Waals surface area (Å²) in [6, 6.07) is 0. The molecule has 3 rings (SSSR count). The number of aromatic nitrogens is 4. The molecule has 0 unspecified atom stereocenters. The van der Waals surface area contributed by atoms with Gasteiger partial charge in [0.05, 0.1) is 13.0 Å². The van der Waals surface area contributed by atoms with Gasteiger partial charge in [0.2, 0.25) is 5.89 Å². The molecule has 0 aromatic carbocycles. The largest absolute Gasteiger partial charge is 0.437 e. The fourth-order valence-electron chi connectivity index (χ4n) is 1.99. The Labute approximate surface area is 127 Å². The highest BCUT2D eigenvalue weighted by molar-refractivity contribution is 7.15. The van der Waals surface area contributed by atoms with Gasteiger partial charge < -0.3 is 4.42 Å². The van der Waals surface area contributed by atoms with Crippen LogP contribution in [0, 0.1) is 6.92 Å². The van der Waals surface area contributed by atoms with Crippen LogP contribution in [0.3, 0.4) is 0 Å². The lowest BCUT2D eigenvalue weighted by atomic mass is 10.2. The summed E-state index contributed by atoms with van der Waals surface area (Å²) in [5, 5.41) is 5.87. The highest BCUT2D eigenvalue weighted by Crippen LogP contribution is 2.11. The molecule has 0 spiro atoms. The average molecular weight is 327 g/mol. The molecular weight excluding hydrogens is 316 g/mol. The molecule has 0 N–H and O–H groups in total. The van der Waals surface area contributed by atoms with Crippen molar-refractivity contribution >= 4 is 27.9 Å². The van der Waals surface area contributed by atoms with Crippen molar-refractivity contribution in [2.45, 2.75) is 19.9 Å². The Hall–Kier alpha value is -1.93. The number of nitrogens with zero attached hydrogens (tertiary/aromatic N) is 4. The van der Waals surface area contributed by atoms with Gasteiger partial charge >= 0.3 is 5.76 Å². The molecule has 7 nitrogen and oxygen atoms in total. The molecule has 3 heterocycles. The summed E-state index contributed by atoms with van der Waals surface area (Å²) in [6.45, 7) is 2.11. The second kappa shape index (κ2) is 5.45. The maximum Gasteiger partial charge on any atom is 0.437 e. The molecule has 0 bridgehead atoms. The van der Waals surface area contributed by atoms with Crippen LogP contribution in [0.15, 0.2) is 25.6 Å². The van der Waals surface area contributed by atoms with E-state index in [1.807, 2.05) is 12.3 Å². The first-order valence-corrected chi connectivity index (χ1v) is 7.59. The smallest absolute Gasteiger partial charge is 0.392 e. The van der Waals surface area contributed by atoms with Crippen LogP contribution in [0.25, 0.3) is 4.96 Å². The Bertz CT molecular complexity index is 907. The van der Waals surface area contributed by atoms with Crippen LogP contribution in [0.4, 0.5) is 0 Å². The molecule has 3 aromatic rings. The summed E-state index contributed by atoms with van der Waals surface area (Å²) < 4.78 is 7.69. The summed E-state index contributed by atoms with van der Waals surface area (Å²) in [4.78, 5) is 28.8. The van der Waals surface area contributed by atoms with E-state index >= 15 is 0 Å². The summed E-state index contributed by atoms with van der Waals surface area (Å²) >= 11 is 6.97. The molecule has 3 aromatic heterocycles. The molecule has 0 saturated carbocycles. The highest BCUT2D eigenvalue weighted by atomic mass is 35.5. The van der Waals surface area contributed by atoms with Gasteiger partial charge in [0.15, 0.2) is 4.96 Å². The van der Waals surface area contributed by atoms with E-state index in [4.69, 9.17) is 16.0 Å². The quantitative estimate of drug-likeness (QED) is 0.669. The standard InChI is InChI=1S/C12H11ClN4O3S/c1-7-6-21-11-14-5-8(10(18)17(7)11)4-9-15-16(3-2-13)12(19)20-9/h5-6H,2-4H2,1H3. The molecule has 0 aliphatic rings. The summed E-state index contributed by atoms with van der Waals surface area (Å²) in [7, 11) is 0. The first-order chi connectivity index (χ1) is 10.1. The van der Waals surface area contributed by atoms with Crippen LogP contribution in [-0.4, -0.2) is 25.0 Å². The van der Waals surface area contributed by atoms with Gasteiger partial charge in [-0.1, -0.05) is 0 Å². The molecule has 0 amide bonds. The van der Waals surface area contributed by atoms with E-state index in [2.05, 4.69) is 10.1 Å². The lowest BCUT2D eigenvalue weighted by Crippen LogP contribution is -2.19. The first kappa shape index (κ1) is 14.0. The summed E-state index contributed by atoms with van der Waals surface area (Å²) in [5.74, 6) is -0.140. The molecule has 0 aliphatic heterocycles. The van der Waals surface area contributed by atoms with Gasteiger partial charge in [0.1, 0.15) is 0 Å². The van der Waals surface area contributed by atoms with Crippen LogP contribution < -0.4 is 11.3 Å². The Morgan fingerprint density at radius 2 is 2.24 bits per heavy atom. The molecule has 9 heteroatoms.